The SMILES string of the molecule is COc1cc(CNC(C)C)cc(Cl)c1OC1C=CCCC1. The molecule has 0 heterocycles. The van der Waals surface area contributed by atoms with Gasteiger partial charge in [0.1, 0.15) is 6.10 Å². The smallest absolute Gasteiger partial charge is 0.180 e. The van der Waals surface area contributed by atoms with Crippen LogP contribution in [0, 0.1) is 0 Å². The maximum absolute atomic E-state index is 6.39. The zero-order chi connectivity index (χ0) is 15.2. The van der Waals surface area contributed by atoms with Crippen molar-refractivity contribution in [2.45, 2.75) is 51.8 Å². The molecule has 3 nitrogen and oxygen atoms in total. The van der Waals surface area contributed by atoms with Crippen LogP contribution in [0.5, 0.6) is 11.5 Å². The molecule has 116 valence electrons. The van der Waals surface area contributed by atoms with Crippen molar-refractivity contribution in [2.24, 2.45) is 0 Å². The van der Waals surface area contributed by atoms with Crippen LogP contribution < -0.4 is 14.8 Å². The molecule has 1 unspecified atom stereocenters. The third kappa shape index (κ3) is 4.65. The summed E-state index contributed by atoms with van der Waals surface area (Å²) in [5.41, 5.74) is 1.09. The Morgan fingerprint density at radius 1 is 1.38 bits per heavy atom. The summed E-state index contributed by atoms with van der Waals surface area (Å²) in [6.45, 7) is 4.99. The summed E-state index contributed by atoms with van der Waals surface area (Å²) in [7, 11) is 1.65. The average Bonchev–Trinajstić information content (AvgIpc) is 2.48. The molecule has 0 aromatic heterocycles. The zero-order valence-corrected chi connectivity index (χ0v) is 13.7. The van der Waals surface area contributed by atoms with Gasteiger partial charge in [-0.3, -0.25) is 0 Å². The van der Waals surface area contributed by atoms with E-state index in [1.807, 2.05) is 12.1 Å². The summed E-state index contributed by atoms with van der Waals surface area (Å²) in [4.78, 5) is 0. The minimum absolute atomic E-state index is 0.0878. The van der Waals surface area contributed by atoms with Gasteiger partial charge in [0.2, 0.25) is 0 Å². The number of nitrogens with one attached hydrogen (secondary N) is 1. The molecule has 0 saturated heterocycles. The third-order valence-corrected chi connectivity index (χ3v) is 3.76. The molecule has 1 aliphatic carbocycles. The van der Waals surface area contributed by atoms with Gasteiger partial charge in [0, 0.05) is 12.6 Å². The summed E-state index contributed by atoms with van der Waals surface area (Å²) >= 11 is 6.39. The van der Waals surface area contributed by atoms with Gasteiger partial charge in [-0.25, -0.2) is 0 Å². The molecule has 0 radical (unpaired) electrons. The topological polar surface area (TPSA) is 30.5 Å². The number of rotatable bonds is 6. The standard InChI is InChI=1S/C17H24ClNO2/c1-12(2)19-11-13-9-15(18)17(16(10-13)20-3)21-14-7-5-4-6-8-14/h5,7,9-10,12,14,19H,4,6,8,11H2,1-3H3. The van der Waals surface area contributed by atoms with Crippen LogP contribution in [0.4, 0.5) is 0 Å². The van der Waals surface area contributed by atoms with E-state index in [2.05, 4.69) is 31.3 Å². The molecule has 1 aromatic carbocycles. The largest absolute Gasteiger partial charge is 0.493 e. The van der Waals surface area contributed by atoms with Crippen LogP contribution in [-0.2, 0) is 6.54 Å². The number of hydrogen-bond donors (Lipinski definition) is 1. The molecule has 0 bridgehead atoms. The van der Waals surface area contributed by atoms with Crippen LogP contribution in [-0.4, -0.2) is 19.3 Å². The lowest BCUT2D eigenvalue weighted by molar-refractivity contribution is 0.219. The number of methoxy groups -OCH3 is 1. The molecule has 2 rings (SSSR count). The van der Waals surface area contributed by atoms with E-state index in [0.717, 1.165) is 31.4 Å². The predicted molar refractivity (Wildman–Crippen MR) is 87.4 cm³/mol. The van der Waals surface area contributed by atoms with Crippen molar-refractivity contribution in [3.63, 3.8) is 0 Å². The van der Waals surface area contributed by atoms with E-state index < -0.39 is 0 Å². The second-order valence-electron chi connectivity index (χ2n) is 5.66. The first-order chi connectivity index (χ1) is 10.1. The number of ether oxygens (including phenoxy) is 2. The molecular weight excluding hydrogens is 286 g/mol. The van der Waals surface area contributed by atoms with E-state index >= 15 is 0 Å². The van der Waals surface area contributed by atoms with Crippen molar-refractivity contribution < 1.29 is 9.47 Å². The van der Waals surface area contributed by atoms with Gasteiger partial charge in [-0.2, -0.15) is 0 Å². The quantitative estimate of drug-likeness (QED) is 0.793. The van der Waals surface area contributed by atoms with Crippen LogP contribution in [0.1, 0.15) is 38.7 Å². The third-order valence-electron chi connectivity index (χ3n) is 3.48. The summed E-state index contributed by atoms with van der Waals surface area (Å²) in [6.07, 6.45) is 7.65. The molecule has 1 aromatic rings. The van der Waals surface area contributed by atoms with Crippen LogP contribution in [0.2, 0.25) is 5.02 Å². The number of allylic oxidation sites excluding steroid dienone is 1. The first-order valence-electron chi connectivity index (χ1n) is 7.53. The minimum atomic E-state index is 0.0878. The molecule has 1 N–H and O–H groups in total. The summed E-state index contributed by atoms with van der Waals surface area (Å²) in [6, 6.07) is 4.36. The molecule has 0 amide bonds. The Bertz CT molecular complexity index is 500. The second kappa shape index (κ2) is 7.71. The Balaban J connectivity index is 2.16. The lowest BCUT2D eigenvalue weighted by Crippen LogP contribution is -2.22. The first kappa shape index (κ1) is 16.2. The monoisotopic (exact) mass is 309 g/mol. The summed E-state index contributed by atoms with van der Waals surface area (Å²) in [5, 5.41) is 3.98. The van der Waals surface area contributed by atoms with Crippen LogP contribution >= 0.6 is 11.6 Å². The van der Waals surface area contributed by atoms with Crippen molar-refractivity contribution >= 4 is 11.6 Å². The van der Waals surface area contributed by atoms with Crippen LogP contribution in [0.25, 0.3) is 0 Å². The van der Waals surface area contributed by atoms with Crippen molar-refractivity contribution in [3.05, 3.63) is 34.9 Å². The Morgan fingerprint density at radius 3 is 2.81 bits per heavy atom. The van der Waals surface area contributed by atoms with E-state index in [1.165, 1.54) is 0 Å². The van der Waals surface area contributed by atoms with Gasteiger partial charge in [-0.05, 0) is 43.0 Å². The molecule has 1 aliphatic rings. The summed E-state index contributed by atoms with van der Waals surface area (Å²) < 4.78 is 11.5. The zero-order valence-electron chi connectivity index (χ0n) is 13.0. The van der Waals surface area contributed by atoms with Gasteiger partial charge in [0.25, 0.3) is 0 Å². The van der Waals surface area contributed by atoms with Crippen molar-refractivity contribution in [1.29, 1.82) is 0 Å². The molecule has 0 fully saturated rings. The van der Waals surface area contributed by atoms with E-state index in [4.69, 9.17) is 21.1 Å². The second-order valence-corrected chi connectivity index (χ2v) is 6.07. The van der Waals surface area contributed by atoms with E-state index in [0.29, 0.717) is 22.6 Å². The highest BCUT2D eigenvalue weighted by Crippen LogP contribution is 2.38. The van der Waals surface area contributed by atoms with E-state index in [1.54, 1.807) is 7.11 Å². The fourth-order valence-electron chi connectivity index (χ4n) is 2.34. The molecule has 0 saturated carbocycles. The fraction of sp³-hybridized carbons (Fsp3) is 0.529. The van der Waals surface area contributed by atoms with Gasteiger partial charge in [-0.15, -0.1) is 0 Å². The Hall–Kier alpha value is -1.19. The highest BCUT2D eigenvalue weighted by Gasteiger charge is 2.17. The van der Waals surface area contributed by atoms with Crippen molar-refractivity contribution in [1.82, 2.24) is 5.32 Å². The number of benzene rings is 1. The molecule has 21 heavy (non-hydrogen) atoms. The molecular formula is C17H24ClNO2. The van der Waals surface area contributed by atoms with E-state index in [9.17, 15) is 0 Å². The molecule has 1 atom stereocenters. The van der Waals surface area contributed by atoms with Gasteiger partial charge in [0.15, 0.2) is 11.5 Å². The summed E-state index contributed by atoms with van der Waals surface area (Å²) in [5.74, 6) is 1.34. The van der Waals surface area contributed by atoms with Gasteiger partial charge in [0.05, 0.1) is 12.1 Å². The van der Waals surface area contributed by atoms with Gasteiger partial charge < -0.3 is 14.8 Å². The van der Waals surface area contributed by atoms with Crippen molar-refractivity contribution in [2.75, 3.05) is 7.11 Å². The Morgan fingerprint density at radius 2 is 2.19 bits per heavy atom. The van der Waals surface area contributed by atoms with E-state index in [-0.39, 0.29) is 6.10 Å². The lowest BCUT2D eigenvalue weighted by atomic mass is 10.1. The van der Waals surface area contributed by atoms with Crippen molar-refractivity contribution in [3.8, 4) is 11.5 Å². The highest BCUT2D eigenvalue weighted by molar-refractivity contribution is 6.32. The lowest BCUT2D eigenvalue weighted by Gasteiger charge is -2.21. The van der Waals surface area contributed by atoms with Crippen LogP contribution in [0.15, 0.2) is 24.3 Å². The average molecular weight is 310 g/mol. The normalized spacial score (nSPS) is 18.0. The van der Waals surface area contributed by atoms with Gasteiger partial charge in [-0.1, -0.05) is 31.5 Å². The Labute approximate surface area is 132 Å². The predicted octanol–water partition coefficient (Wildman–Crippen LogP) is 4.33. The number of hydrogen-bond acceptors (Lipinski definition) is 3. The Kier molecular flexibility index (Phi) is 5.95. The highest BCUT2D eigenvalue weighted by atomic mass is 35.5. The molecule has 0 aliphatic heterocycles. The molecule has 4 heteroatoms. The fourth-order valence-corrected chi connectivity index (χ4v) is 2.62. The first-order valence-corrected chi connectivity index (χ1v) is 7.91. The van der Waals surface area contributed by atoms with Crippen LogP contribution in [0.3, 0.4) is 0 Å². The maximum atomic E-state index is 6.39. The minimum Gasteiger partial charge on any atom is -0.493 e. The molecule has 0 spiro atoms. The number of halogens is 1. The van der Waals surface area contributed by atoms with Gasteiger partial charge >= 0.3 is 0 Å². The maximum Gasteiger partial charge on any atom is 0.180 e.